The summed E-state index contributed by atoms with van der Waals surface area (Å²) in [5.41, 5.74) is 1.58. The third-order valence-electron chi connectivity index (χ3n) is 2.61. The predicted molar refractivity (Wildman–Crippen MR) is 69.9 cm³/mol. The van der Waals surface area contributed by atoms with Crippen LogP contribution in [-0.2, 0) is 6.18 Å². The molecule has 0 radical (unpaired) electrons. The largest absolute Gasteiger partial charge is 0.416 e. The second-order valence-corrected chi connectivity index (χ2v) is 4.22. The Balaban J connectivity index is 2.21. The molecule has 0 saturated heterocycles. The SMILES string of the molecule is Cc1ccc(N=Cc2cccc(C(F)(F)F)c2)cc1. The highest BCUT2D eigenvalue weighted by Crippen LogP contribution is 2.29. The maximum absolute atomic E-state index is 12.5. The number of nitrogens with zero attached hydrogens (tertiary/aromatic N) is 1. The lowest BCUT2D eigenvalue weighted by molar-refractivity contribution is -0.137. The Morgan fingerprint density at radius 3 is 2.32 bits per heavy atom. The van der Waals surface area contributed by atoms with Gasteiger partial charge < -0.3 is 0 Å². The lowest BCUT2D eigenvalue weighted by Crippen LogP contribution is -2.04. The zero-order valence-electron chi connectivity index (χ0n) is 10.3. The molecule has 98 valence electrons. The van der Waals surface area contributed by atoms with Gasteiger partial charge in [-0.1, -0.05) is 29.8 Å². The Hall–Kier alpha value is -2.10. The van der Waals surface area contributed by atoms with E-state index < -0.39 is 11.7 Å². The van der Waals surface area contributed by atoms with Crippen LogP contribution < -0.4 is 0 Å². The van der Waals surface area contributed by atoms with Gasteiger partial charge in [-0.25, -0.2) is 0 Å². The van der Waals surface area contributed by atoms with Crippen molar-refractivity contribution in [2.45, 2.75) is 13.1 Å². The molecular weight excluding hydrogens is 251 g/mol. The lowest BCUT2D eigenvalue weighted by Gasteiger charge is -2.06. The van der Waals surface area contributed by atoms with Crippen LogP contribution in [0.1, 0.15) is 16.7 Å². The van der Waals surface area contributed by atoms with Crippen LogP contribution in [0.15, 0.2) is 53.5 Å². The normalized spacial score (nSPS) is 12.0. The second kappa shape index (κ2) is 5.26. The molecule has 0 heterocycles. The van der Waals surface area contributed by atoms with Gasteiger partial charge in [0.1, 0.15) is 0 Å². The van der Waals surface area contributed by atoms with Crippen LogP contribution in [0.5, 0.6) is 0 Å². The molecule has 2 aromatic carbocycles. The van der Waals surface area contributed by atoms with E-state index in [1.165, 1.54) is 12.3 Å². The number of aryl methyl sites for hydroxylation is 1. The summed E-state index contributed by atoms with van der Waals surface area (Å²) in [5.74, 6) is 0. The van der Waals surface area contributed by atoms with Gasteiger partial charge in [0, 0.05) is 6.21 Å². The third-order valence-corrected chi connectivity index (χ3v) is 2.61. The van der Waals surface area contributed by atoms with Gasteiger partial charge in [0.25, 0.3) is 0 Å². The van der Waals surface area contributed by atoms with Gasteiger partial charge in [0.2, 0.25) is 0 Å². The first kappa shape index (κ1) is 13.3. The highest BCUT2D eigenvalue weighted by atomic mass is 19.4. The highest BCUT2D eigenvalue weighted by molar-refractivity contribution is 5.82. The summed E-state index contributed by atoms with van der Waals surface area (Å²) in [7, 11) is 0. The molecule has 0 fully saturated rings. The van der Waals surface area contributed by atoms with Gasteiger partial charge in [-0.05, 0) is 36.8 Å². The van der Waals surface area contributed by atoms with Gasteiger partial charge in [0.05, 0.1) is 11.3 Å². The van der Waals surface area contributed by atoms with E-state index in [1.807, 2.05) is 31.2 Å². The summed E-state index contributed by atoms with van der Waals surface area (Å²) >= 11 is 0. The van der Waals surface area contributed by atoms with Crippen LogP contribution in [-0.4, -0.2) is 6.21 Å². The molecule has 19 heavy (non-hydrogen) atoms. The smallest absolute Gasteiger partial charge is 0.256 e. The molecule has 0 aliphatic rings. The van der Waals surface area contributed by atoms with E-state index in [1.54, 1.807) is 6.07 Å². The van der Waals surface area contributed by atoms with Crippen molar-refractivity contribution in [3.63, 3.8) is 0 Å². The van der Waals surface area contributed by atoms with Gasteiger partial charge in [0.15, 0.2) is 0 Å². The fourth-order valence-electron chi connectivity index (χ4n) is 1.58. The van der Waals surface area contributed by atoms with E-state index in [2.05, 4.69) is 4.99 Å². The summed E-state index contributed by atoms with van der Waals surface area (Å²) in [6.45, 7) is 1.96. The van der Waals surface area contributed by atoms with Crippen molar-refractivity contribution in [1.82, 2.24) is 0 Å². The number of hydrogen-bond acceptors (Lipinski definition) is 1. The number of rotatable bonds is 2. The van der Waals surface area contributed by atoms with Crippen molar-refractivity contribution in [2.75, 3.05) is 0 Å². The van der Waals surface area contributed by atoms with Gasteiger partial charge in [-0.3, -0.25) is 4.99 Å². The summed E-state index contributed by atoms with van der Waals surface area (Å²) in [5, 5.41) is 0. The molecule has 0 aromatic heterocycles. The predicted octanol–water partition coefficient (Wildman–Crippen LogP) is 4.76. The van der Waals surface area contributed by atoms with E-state index >= 15 is 0 Å². The van der Waals surface area contributed by atoms with Crippen LogP contribution in [0, 0.1) is 6.92 Å². The molecule has 0 unspecified atom stereocenters. The number of benzene rings is 2. The van der Waals surface area contributed by atoms with E-state index in [-0.39, 0.29) is 0 Å². The van der Waals surface area contributed by atoms with Crippen molar-refractivity contribution < 1.29 is 13.2 Å². The molecule has 0 saturated carbocycles. The van der Waals surface area contributed by atoms with Crippen LogP contribution in [0.25, 0.3) is 0 Å². The maximum Gasteiger partial charge on any atom is 0.416 e. The molecule has 2 rings (SSSR count). The highest BCUT2D eigenvalue weighted by Gasteiger charge is 2.30. The average Bonchev–Trinajstić information content (AvgIpc) is 2.37. The Labute approximate surface area is 109 Å². The fourth-order valence-corrected chi connectivity index (χ4v) is 1.58. The molecular formula is C15H12F3N. The molecule has 4 heteroatoms. The molecule has 0 aliphatic heterocycles. The zero-order valence-corrected chi connectivity index (χ0v) is 10.3. The zero-order chi connectivity index (χ0) is 13.9. The minimum Gasteiger partial charge on any atom is -0.256 e. The molecule has 0 spiro atoms. The quantitative estimate of drug-likeness (QED) is 0.692. The van der Waals surface area contributed by atoms with Gasteiger partial charge in [-0.15, -0.1) is 0 Å². The van der Waals surface area contributed by atoms with Crippen LogP contribution in [0.2, 0.25) is 0 Å². The van der Waals surface area contributed by atoms with Crippen molar-refractivity contribution in [3.8, 4) is 0 Å². The topological polar surface area (TPSA) is 12.4 Å². The number of aliphatic imine (C=N–C) groups is 1. The van der Waals surface area contributed by atoms with Crippen molar-refractivity contribution >= 4 is 11.9 Å². The maximum atomic E-state index is 12.5. The molecule has 1 nitrogen and oxygen atoms in total. The van der Waals surface area contributed by atoms with Crippen LogP contribution >= 0.6 is 0 Å². The van der Waals surface area contributed by atoms with Crippen molar-refractivity contribution in [3.05, 3.63) is 65.2 Å². The lowest BCUT2D eigenvalue weighted by atomic mass is 10.1. The second-order valence-electron chi connectivity index (χ2n) is 4.22. The first-order chi connectivity index (χ1) is 8.95. The van der Waals surface area contributed by atoms with E-state index in [0.717, 1.165) is 17.7 Å². The van der Waals surface area contributed by atoms with E-state index in [9.17, 15) is 13.2 Å². The first-order valence-electron chi connectivity index (χ1n) is 5.73. The van der Waals surface area contributed by atoms with Gasteiger partial charge >= 0.3 is 6.18 Å². The molecule has 0 bridgehead atoms. The minimum atomic E-state index is -4.33. The molecule has 0 atom stereocenters. The average molecular weight is 263 g/mol. The minimum absolute atomic E-state index is 0.426. The molecule has 0 aliphatic carbocycles. The monoisotopic (exact) mass is 263 g/mol. The summed E-state index contributed by atoms with van der Waals surface area (Å²) in [6.07, 6.45) is -2.90. The van der Waals surface area contributed by atoms with Crippen LogP contribution in [0.3, 0.4) is 0 Å². The number of hydrogen-bond donors (Lipinski definition) is 0. The molecule has 0 N–H and O–H groups in total. The van der Waals surface area contributed by atoms with E-state index in [4.69, 9.17) is 0 Å². The first-order valence-corrected chi connectivity index (χ1v) is 5.73. The summed E-state index contributed by atoms with van der Waals surface area (Å²) in [4.78, 5) is 4.15. The summed E-state index contributed by atoms with van der Waals surface area (Å²) in [6, 6.07) is 12.5. The Morgan fingerprint density at radius 2 is 1.68 bits per heavy atom. The summed E-state index contributed by atoms with van der Waals surface area (Å²) < 4.78 is 37.6. The fraction of sp³-hybridized carbons (Fsp3) is 0.133. The molecule has 0 amide bonds. The van der Waals surface area contributed by atoms with E-state index in [0.29, 0.717) is 11.3 Å². The van der Waals surface area contributed by atoms with Crippen LogP contribution in [0.4, 0.5) is 18.9 Å². The standard InChI is InChI=1S/C15H12F3N/c1-11-5-7-14(8-6-11)19-10-12-3-2-4-13(9-12)15(16,17)18/h2-10H,1H3. The van der Waals surface area contributed by atoms with Crippen molar-refractivity contribution in [2.24, 2.45) is 4.99 Å². The Bertz CT molecular complexity index is 583. The Kier molecular flexibility index (Phi) is 3.69. The van der Waals surface area contributed by atoms with Crippen molar-refractivity contribution in [1.29, 1.82) is 0 Å². The Morgan fingerprint density at radius 1 is 1.00 bits per heavy atom. The number of alkyl halides is 3. The molecule has 2 aromatic rings. The number of halogens is 3. The third kappa shape index (κ3) is 3.68. The van der Waals surface area contributed by atoms with Gasteiger partial charge in [-0.2, -0.15) is 13.2 Å².